The molecule has 102 valence electrons. The lowest BCUT2D eigenvalue weighted by Gasteiger charge is -2.06. The highest BCUT2D eigenvalue weighted by molar-refractivity contribution is 5.75. The zero-order chi connectivity index (χ0) is 14.1. The van der Waals surface area contributed by atoms with Gasteiger partial charge in [-0.15, -0.1) is 0 Å². The Morgan fingerprint density at radius 1 is 1.15 bits per heavy atom. The van der Waals surface area contributed by atoms with E-state index in [1.807, 2.05) is 31.2 Å². The first-order chi connectivity index (χ1) is 9.67. The monoisotopic (exact) mass is 267 g/mol. The van der Waals surface area contributed by atoms with E-state index >= 15 is 0 Å². The third kappa shape index (κ3) is 2.22. The van der Waals surface area contributed by atoms with Gasteiger partial charge >= 0.3 is 0 Å². The zero-order valence-electron chi connectivity index (χ0n) is 11.7. The first-order valence-corrected chi connectivity index (χ1v) is 6.71. The van der Waals surface area contributed by atoms with Gasteiger partial charge in [-0.05, 0) is 26.0 Å². The van der Waals surface area contributed by atoms with Gasteiger partial charge in [0.25, 0.3) is 0 Å². The van der Waals surface area contributed by atoms with Crippen molar-refractivity contribution in [2.45, 2.75) is 26.8 Å². The molecule has 0 saturated heterocycles. The number of nitrogens with two attached hydrogens (primary N) is 1. The second kappa shape index (κ2) is 4.92. The van der Waals surface area contributed by atoms with E-state index in [0.717, 1.165) is 29.1 Å². The number of fused-ring (bicyclic) bond motifs is 1. The van der Waals surface area contributed by atoms with Crippen molar-refractivity contribution in [3.63, 3.8) is 0 Å². The number of hydrogen-bond donors (Lipinski definition) is 1. The summed E-state index contributed by atoms with van der Waals surface area (Å²) in [5.41, 5.74) is 8.86. The molecule has 5 heteroatoms. The van der Waals surface area contributed by atoms with Gasteiger partial charge in [0.15, 0.2) is 0 Å². The number of imidazole rings is 1. The quantitative estimate of drug-likeness (QED) is 0.790. The molecule has 20 heavy (non-hydrogen) atoms. The standard InChI is InChI=1S/C15H17N5/c1-3-20-13-7-5-4-6-12(13)19-15(20)9-11-8-14(16)18-10(2)17-11/h4-8H,3,9H2,1-2H3,(H2,16,17,18). The van der Waals surface area contributed by atoms with Gasteiger partial charge < -0.3 is 10.3 Å². The molecular weight excluding hydrogens is 250 g/mol. The van der Waals surface area contributed by atoms with Crippen LogP contribution >= 0.6 is 0 Å². The van der Waals surface area contributed by atoms with Crippen LogP contribution in [0.4, 0.5) is 5.82 Å². The van der Waals surface area contributed by atoms with Crippen molar-refractivity contribution in [3.05, 3.63) is 47.7 Å². The summed E-state index contributed by atoms with van der Waals surface area (Å²) in [7, 11) is 0. The molecule has 0 radical (unpaired) electrons. The summed E-state index contributed by atoms with van der Waals surface area (Å²) in [5, 5.41) is 0. The number of rotatable bonds is 3. The molecule has 0 bridgehead atoms. The minimum absolute atomic E-state index is 0.506. The SMILES string of the molecule is CCn1c(Cc2cc(N)nc(C)n2)nc2ccccc21. The average Bonchev–Trinajstić information content (AvgIpc) is 2.74. The molecule has 0 amide bonds. The first kappa shape index (κ1) is 12.6. The Morgan fingerprint density at radius 2 is 1.95 bits per heavy atom. The fraction of sp³-hybridized carbons (Fsp3) is 0.267. The van der Waals surface area contributed by atoms with E-state index in [4.69, 9.17) is 10.7 Å². The number of nitrogen functional groups attached to an aromatic ring is 1. The summed E-state index contributed by atoms with van der Waals surface area (Å²) in [6.07, 6.45) is 0.663. The zero-order valence-corrected chi connectivity index (χ0v) is 11.7. The summed E-state index contributed by atoms with van der Waals surface area (Å²) in [6.45, 7) is 4.86. The summed E-state index contributed by atoms with van der Waals surface area (Å²) in [5.74, 6) is 2.21. The van der Waals surface area contributed by atoms with Crippen molar-refractivity contribution in [1.82, 2.24) is 19.5 Å². The molecule has 0 aliphatic carbocycles. The summed E-state index contributed by atoms with van der Waals surface area (Å²) in [6, 6.07) is 9.98. The van der Waals surface area contributed by atoms with Gasteiger partial charge in [-0.25, -0.2) is 15.0 Å². The fourth-order valence-electron chi connectivity index (χ4n) is 2.52. The van der Waals surface area contributed by atoms with Gasteiger partial charge in [-0.3, -0.25) is 0 Å². The van der Waals surface area contributed by atoms with E-state index in [1.165, 1.54) is 0 Å². The minimum Gasteiger partial charge on any atom is -0.384 e. The summed E-state index contributed by atoms with van der Waals surface area (Å²) < 4.78 is 2.21. The minimum atomic E-state index is 0.506. The van der Waals surface area contributed by atoms with Crippen molar-refractivity contribution >= 4 is 16.9 Å². The second-order valence-corrected chi connectivity index (χ2v) is 4.77. The Labute approximate surface area is 117 Å². The molecule has 0 unspecified atom stereocenters. The lowest BCUT2D eigenvalue weighted by atomic mass is 10.2. The highest BCUT2D eigenvalue weighted by Gasteiger charge is 2.11. The molecule has 2 N–H and O–H groups in total. The molecule has 0 fully saturated rings. The van der Waals surface area contributed by atoms with Crippen molar-refractivity contribution in [2.24, 2.45) is 0 Å². The van der Waals surface area contributed by atoms with Crippen LogP contribution in [0.5, 0.6) is 0 Å². The molecule has 0 atom stereocenters. The maximum Gasteiger partial charge on any atom is 0.127 e. The van der Waals surface area contributed by atoms with E-state index in [-0.39, 0.29) is 0 Å². The van der Waals surface area contributed by atoms with Crippen LogP contribution in [0.2, 0.25) is 0 Å². The van der Waals surface area contributed by atoms with E-state index in [1.54, 1.807) is 0 Å². The first-order valence-electron chi connectivity index (χ1n) is 6.71. The lowest BCUT2D eigenvalue weighted by Crippen LogP contribution is -2.06. The van der Waals surface area contributed by atoms with Crippen LogP contribution in [0, 0.1) is 6.92 Å². The molecule has 0 spiro atoms. The fourth-order valence-corrected chi connectivity index (χ4v) is 2.52. The average molecular weight is 267 g/mol. The molecule has 3 aromatic rings. The number of benzene rings is 1. The van der Waals surface area contributed by atoms with Crippen LogP contribution in [0.1, 0.15) is 24.3 Å². The summed E-state index contributed by atoms with van der Waals surface area (Å²) in [4.78, 5) is 13.2. The van der Waals surface area contributed by atoms with E-state index < -0.39 is 0 Å². The van der Waals surface area contributed by atoms with Crippen LogP contribution in [0.3, 0.4) is 0 Å². The lowest BCUT2D eigenvalue weighted by molar-refractivity contribution is 0.727. The van der Waals surface area contributed by atoms with E-state index in [0.29, 0.717) is 18.1 Å². The predicted octanol–water partition coefficient (Wildman–Crippen LogP) is 2.33. The van der Waals surface area contributed by atoms with Crippen molar-refractivity contribution in [3.8, 4) is 0 Å². The third-order valence-corrected chi connectivity index (χ3v) is 3.30. The topological polar surface area (TPSA) is 69.6 Å². The Balaban J connectivity index is 2.05. The number of aryl methyl sites for hydroxylation is 2. The Hall–Kier alpha value is -2.43. The largest absolute Gasteiger partial charge is 0.384 e. The predicted molar refractivity (Wildman–Crippen MR) is 79.4 cm³/mol. The number of para-hydroxylation sites is 2. The van der Waals surface area contributed by atoms with Crippen molar-refractivity contribution < 1.29 is 0 Å². The molecule has 2 aromatic heterocycles. The Kier molecular flexibility index (Phi) is 3.10. The molecule has 0 aliphatic rings. The number of nitrogens with zero attached hydrogens (tertiary/aromatic N) is 4. The molecule has 2 heterocycles. The second-order valence-electron chi connectivity index (χ2n) is 4.77. The Bertz CT molecular complexity index is 740. The number of aromatic nitrogens is 4. The summed E-state index contributed by atoms with van der Waals surface area (Å²) >= 11 is 0. The van der Waals surface area contributed by atoms with Crippen molar-refractivity contribution in [2.75, 3.05) is 5.73 Å². The Morgan fingerprint density at radius 3 is 2.70 bits per heavy atom. The molecule has 3 rings (SSSR count). The van der Waals surface area contributed by atoms with Gasteiger partial charge in [0.1, 0.15) is 17.5 Å². The molecule has 1 aromatic carbocycles. The van der Waals surface area contributed by atoms with Crippen molar-refractivity contribution in [1.29, 1.82) is 0 Å². The van der Waals surface area contributed by atoms with Crippen LogP contribution in [-0.2, 0) is 13.0 Å². The third-order valence-electron chi connectivity index (χ3n) is 3.30. The van der Waals surface area contributed by atoms with Gasteiger partial charge in [0.05, 0.1) is 16.7 Å². The van der Waals surface area contributed by atoms with Gasteiger partial charge in [-0.2, -0.15) is 0 Å². The van der Waals surface area contributed by atoms with Crippen LogP contribution in [-0.4, -0.2) is 19.5 Å². The molecule has 5 nitrogen and oxygen atoms in total. The van der Waals surface area contributed by atoms with Gasteiger partial charge in [0, 0.05) is 19.0 Å². The normalized spacial score (nSPS) is 11.1. The van der Waals surface area contributed by atoms with Crippen LogP contribution in [0.15, 0.2) is 30.3 Å². The maximum absolute atomic E-state index is 5.78. The van der Waals surface area contributed by atoms with E-state index in [9.17, 15) is 0 Å². The smallest absolute Gasteiger partial charge is 0.127 e. The molecule has 0 aliphatic heterocycles. The van der Waals surface area contributed by atoms with E-state index in [2.05, 4.69) is 27.5 Å². The number of hydrogen-bond acceptors (Lipinski definition) is 4. The van der Waals surface area contributed by atoms with Gasteiger partial charge in [0.2, 0.25) is 0 Å². The highest BCUT2D eigenvalue weighted by Crippen LogP contribution is 2.18. The van der Waals surface area contributed by atoms with Crippen LogP contribution in [0.25, 0.3) is 11.0 Å². The van der Waals surface area contributed by atoms with Crippen LogP contribution < -0.4 is 5.73 Å². The number of anilines is 1. The maximum atomic E-state index is 5.78. The highest BCUT2D eigenvalue weighted by atomic mass is 15.1. The van der Waals surface area contributed by atoms with Gasteiger partial charge in [-0.1, -0.05) is 12.1 Å². The molecular formula is C15H17N5. The molecule has 0 saturated carbocycles.